The van der Waals surface area contributed by atoms with Gasteiger partial charge >= 0.3 is 0 Å². The van der Waals surface area contributed by atoms with Gasteiger partial charge < -0.3 is 26.2 Å². The van der Waals surface area contributed by atoms with E-state index in [1.165, 1.54) is 32.1 Å². The molecular formula is C36H49N11. The van der Waals surface area contributed by atoms with Crippen LogP contribution in [0.25, 0.3) is 15.7 Å². The van der Waals surface area contributed by atoms with E-state index in [-0.39, 0.29) is 0 Å². The third-order valence-corrected chi connectivity index (χ3v) is 9.24. The van der Waals surface area contributed by atoms with Crippen molar-refractivity contribution in [2.75, 3.05) is 42.9 Å². The molecule has 0 amide bonds. The second-order valence-corrected chi connectivity index (χ2v) is 12.9. The Labute approximate surface area is 278 Å². The minimum Gasteiger partial charge on any atom is -0.367 e. The number of para-hydroxylation sites is 1. The lowest BCUT2D eigenvalue weighted by Crippen LogP contribution is -2.35. The van der Waals surface area contributed by atoms with Crippen LogP contribution in [0.15, 0.2) is 54.7 Å². The van der Waals surface area contributed by atoms with E-state index in [2.05, 4.69) is 53.5 Å². The van der Waals surface area contributed by atoms with Crippen molar-refractivity contribution in [2.24, 2.45) is 0 Å². The van der Waals surface area contributed by atoms with Gasteiger partial charge in [0.25, 0.3) is 0 Å². The Bertz CT molecular complexity index is 1570. The van der Waals surface area contributed by atoms with E-state index >= 15 is 0 Å². The van der Waals surface area contributed by atoms with Crippen molar-refractivity contribution in [1.29, 1.82) is 0 Å². The van der Waals surface area contributed by atoms with Crippen molar-refractivity contribution in [3.63, 3.8) is 0 Å². The van der Waals surface area contributed by atoms with Gasteiger partial charge in [0.1, 0.15) is 11.5 Å². The predicted molar refractivity (Wildman–Crippen MR) is 189 cm³/mol. The molecule has 0 radical (unpaired) electrons. The minimum atomic E-state index is 0.365. The predicted octanol–water partition coefficient (Wildman–Crippen LogP) is 5.43. The third kappa shape index (κ3) is 9.70. The van der Waals surface area contributed by atoms with Crippen LogP contribution in [0.2, 0.25) is 0 Å². The van der Waals surface area contributed by atoms with Gasteiger partial charge in [-0.2, -0.15) is 4.98 Å². The van der Waals surface area contributed by atoms with Crippen molar-refractivity contribution >= 4 is 28.4 Å². The van der Waals surface area contributed by atoms with Crippen molar-refractivity contribution in [1.82, 2.24) is 40.9 Å². The summed E-state index contributed by atoms with van der Waals surface area (Å²) in [5.41, 5.74) is 3.48. The number of aromatic nitrogens is 5. The van der Waals surface area contributed by atoms with Crippen LogP contribution in [0.5, 0.6) is 0 Å². The molecule has 3 heterocycles. The smallest absolute Gasteiger partial charge is 0.228 e. The van der Waals surface area contributed by atoms with Crippen molar-refractivity contribution in [3.05, 3.63) is 77.4 Å². The minimum absolute atomic E-state index is 0.365. The molecule has 0 unspecified atom stereocenters. The molecule has 248 valence electrons. The summed E-state index contributed by atoms with van der Waals surface area (Å²) in [4.78, 5) is 15.9. The molecule has 11 heteroatoms. The molecular weight excluding hydrogens is 586 g/mol. The summed E-state index contributed by atoms with van der Waals surface area (Å²) in [6.07, 6.45) is 13.2. The first-order valence-corrected chi connectivity index (χ1v) is 17.5. The third-order valence-electron chi connectivity index (χ3n) is 9.24. The molecule has 4 aromatic rings. The summed E-state index contributed by atoms with van der Waals surface area (Å²) in [6, 6.07) is 17.0. The number of nitrogens with one attached hydrogen (secondary N) is 4. The quantitative estimate of drug-likeness (QED) is 0.0945. The Morgan fingerprint density at radius 1 is 0.872 bits per heavy atom. The zero-order chi connectivity index (χ0) is 32.1. The van der Waals surface area contributed by atoms with Crippen LogP contribution in [0.3, 0.4) is 0 Å². The molecule has 0 bridgehead atoms. The molecule has 6 rings (SSSR count). The molecule has 4 N–H and O–H groups in total. The lowest BCUT2D eigenvalue weighted by atomic mass is 9.95. The van der Waals surface area contributed by atoms with Gasteiger partial charge in [-0.1, -0.05) is 60.9 Å². The average molecular weight is 636 g/mol. The molecule has 1 saturated heterocycles. The van der Waals surface area contributed by atoms with Gasteiger partial charge in [0.15, 0.2) is 5.69 Å². The monoisotopic (exact) mass is 635 g/mol. The fourth-order valence-electron chi connectivity index (χ4n) is 6.60. The summed E-state index contributed by atoms with van der Waals surface area (Å²) in [5, 5.41) is 24.5. The summed E-state index contributed by atoms with van der Waals surface area (Å²) < 4.78 is 1.94. The van der Waals surface area contributed by atoms with Crippen LogP contribution in [0, 0.1) is 6.57 Å². The molecule has 11 nitrogen and oxygen atoms in total. The van der Waals surface area contributed by atoms with E-state index in [1.807, 2.05) is 47.3 Å². The molecule has 1 saturated carbocycles. The highest BCUT2D eigenvalue weighted by Gasteiger charge is 2.20. The Hall–Kier alpha value is -4.11. The van der Waals surface area contributed by atoms with Crippen LogP contribution >= 0.6 is 0 Å². The van der Waals surface area contributed by atoms with Crippen LogP contribution < -0.4 is 26.2 Å². The lowest BCUT2D eigenvalue weighted by molar-refractivity contribution is 0.371. The number of rotatable bonds is 16. The van der Waals surface area contributed by atoms with E-state index in [0.717, 1.165) is 99.0 Å². The Morgan fingerprint density at radius 3 is 2.51 bits per heavy atom. The van der Waals surface area contributed by atoms with Gasteiger partial charge in [-0.3, -0.25) is 4.68 Å². The number of anilines is 2. The number of fused-ring (bicyclic) bond motifs is 1. The highest BCUT2D eigenvalue weighted by Crippen LogP contribution is 2.27. The molecule has 2 fully saturated rings. The zero-order valence-corrected chi connectivity index (χ0v) is 27.5. The fraction of sp³-hybridized carbons (Fsp3) is 0.528. The van der Waals surface area contributed by atoms with E-state index in [1.54, 1.807) is 0 Å². The van der Waals surface area contributed by atoms with Crippen LogP contribution in [0.4, 0.5) is 17.5 Å². The second kappa shape index (κ2) is 17.2. The average Bonchev–Trinajstić information content (AvgIpc) is 3.57. The van der Waals surface area contributed by atoms with Crippen molar-refractivity contribution < 1.29 is 0 Å². The van der Waals surface area contributed by atoms with Gasteiger partial charge in [-0.15, -0.1) is 5.10 Å². The number of benzene rings is 2. The van der Waals surface area contributed by atoms with E-state index < -0.39 is 0 Å². The number of nitrogens with zero attached hydrogens (tertiary/aromatic N) is 7. The van der Waals surface area contributed by atoms with Gasteiger partial charge in [0.2, 0.25) is 5.95 Å². The topological polar surface area (TPSA) is 112 Å². The SMILES string of the molecule is [C-]#[N+]c1ccc(CN(Cc2cn(CCCNCCCNC3CCCCC3)nn2)c2nc(NC3CCNCC3)c3ccccc3n2)cc1. The zero-order valence-electron chi connectivity index (χ0n) is 27.5. The van der Waals surface area contributed by atoms with Gasteiger partial charge in [0, 0.05) is 30.6 Å². The van der Waals surface area contributed by atoms with Gasteiger partial charge in [0.05, 0.1) is 24.8 Å². The van der Waals surface area contributed by atoms with Gasteiger partial charge in [-0.05, 0) is 88.9 Å². The second-order valence-electron chi connectivity index (χ2n) is 12.9. The first-order chi connectivity index (χ1) is 23.2. The molecule has 0 atom stereocenters. The van der Waals surface area contributed by atoms with Crippen LogP contribution in [0.1, 0.15) is 69.0 Å². The Balaban J connectivity index is 1.09. The molecule has 1 aliphatic heterocycles. The lowest BCUT2D eigenvalue weighted by Gasteiger charge is -2.26. The number of hydrogen-bond acceptors (Lipinski definition) is 9. The van der Waals surface area contributed by atoms with Crippen molar-refractivity contribution in [2.45, 2.75) is 89.5 Å². The fourth-order valence-corrected chi connectivity index (χ4v) is 6.60. The van der Waals surface area contributed by atoms with Crippen molar-refractivity contribution in [3.8, 4) is 0 Å². The summed E-state index contributed by atoms with van der Waals surface area (Å²) in [6.45, 7) is 14.4. The maximum Gasteiger partial charge on any atom is 0.228 e. The van der Waals surface area contributed by atoms with Gasteiger partial charge in [-0.25, -0.2) is 9.83 Å². The number of piperidine rings is 1. The highest BCUT2D eigenvalue weighted by atomic mass is 15.4. The maximum atomic E-state index is 7.34. The Morgan fingerprint density at radius 2 is 1.68 bits per heavy atom. The molecule has 2 aromatic carbocycles. The molecule has 47 heavy (non-hydrogen) atoms. The first kappa shape index (κ1) is 32.8. The largest absolute Gasteiger partial charge is 0.367 e. The molecule has 1 aliphatic carbocycles. The summed E-state index contributed by atoms with van der Waals surface area (Å²) in [7, 11) is 0. The number of aryl methyl sites for hydroxylation is 1. The van der Waals surface area contributed by atoms with Crippen LogP contribution in [-0.4, -0.2) is 69.8 Å². The van der Waals surface area contributed by atoms with E-state index in [0.29, 0.717) is 30.8 Å². The standard InChI is InChI=1S/C36H49N11/c1-37-29-15-13-28(14-16-29)25-46(36-42-34-12-6-5-11-33(34)35(43-36)41-31-17-22-39-23-18-31)26-32-27-47(45-44-32)24-8-20-38-19-7-21-40-30-9-3-2-4-10-30/h5-6,11-16,27,30-31,38-40H,2-4,7-10,17-26H2,(H,41,42,43). The van der Waals surface area contributed by atoms with E-state index in [4.69, 9.17) is 16.5 Å². The summed E-state index contributed by atoms with van der Waals surface area (Å²) in [5.74, 6) is 1.51. The van der Waals surface area contributed by atoms with Crippen LogP contribution in [-0.2, 0) is 19.6 Å². The normalized spacial score (nSPS) is 15.9. The first-order valence-electron chi connectivity index (χ1n) is 17.5. The molecule has 2 aromatic heterocycles. The Kier molecular flexibility index (Phi) is 12.0. The maximum absolute atomic E-state index is 7.34. The molecule has 2 aliphatic rings. The molecule has 0 spiro atoms. The number of hydrogen-bond donors (Lipinski definition) is 4. The highest BCUT2D eigenvalue weighted by molar-refractivity contribution is 5.90. The van der Waals surface area contributed by atoms with E-state index in [9.17, 15) is 0 Å². The summed E-state index contributed by atoms with van der Waals surface area (Å²) >= 11 is 0.